The van der Waals surface area contributed by atoms with E-state index in [2.05, 4.69) is 27.8 Å². The average Bonchev–Trinajstić information content (AvgIpc) is 2.20. The van der Waals surface area contributed by atoms with Crippen molar-refractivity contribution in [3.8, 4) is 11.8 Å². The molecule has 0 saturated heterocycles. The fourth-order valence-electron chi connectivity index (χ4n) is 0.942. The smallest absolute Gasteiger partial charge is 0.258 e. The highest BCUT2D eigenvalue weighted by molar-refractivity contribution is 9.09. The minimum Gasteiger partial charge on any atom is -0.258 e. The highest BCUT2D eigenvalue weighted by atomic mass is 79.9. The second-order valence-electron chi connectivity index (χ2n) is 2.66. The van der Waals surface area contributed by atoms with Crippen LogP contribution < -0.4 is 0 Å². The maximum atomic E-state index is 12.9. The summed E-state index contributed by atoms with van der Waals surface area (Å²) in [6, 6.07) is 3.61. The van der Waals surface area contributed by atoms with Gasteiger partial charge in [-0.15, -0.1) is 0 Å². The lowest BCUT2D eigenvalue weighted by atomic mass is 10.2. The standard InChI is InChI=1S/C10H7BrFNO2/c11-6-2-1-3-8-4-5-9(12)10(7-8)13(14)15/h4-5,7H,2,6H2. The lowest BCUT2D eigenvalue weighted by Crippen LogP contribution is -1.92. The van der Waals surface area contributed by atoms with Crippen LogP contribution in [0.4, 0.5) is 10.1 Å². The van der Waals surface area contributed by atoms with Crippen molar-refractivity contribution in [2.75, 3.05) is 5.33 Å². The summed E-state index contributed by atoms with van der Waals surface area (Å²) in [6.07, 6.45) is 0.644. The van der Waals surface area contributed by atoms with Crippen LogP contribution in [0.15, 0.2) is 18.2 Å². The van der Waals surface area contributed by atoms with E-state index in [1.54, 1.807) is 0 Å². The monoisotopic (exact) mass is 271 g/mol. The molecule has 0 spiro atoms. The van der Waals surface area contributed by atoms with Gasteiger partial charge in [-0.2, -0.15) is 4.39 Å². The van der Waals surface area contributed by atoms with Crippen molar-refractivity contribution in [3.63, 3.8) is 0 Å². The molecule has 0 aliphatic rings. The number of halogens is 2. The summed E-state index contributed by atoms with van der Waals surface area (Å²) in [5.41, 5.74) is -0.0929. The van der Waals surface area contributed by atoms with Crippen LogP contribution in [0.1, 0.15) is 12.0 Å². The molecule has 0 unspecified atom stereocenters. The minimum atomic E-state index is -0.842. The Morgan fingerprint density at radius 3 is 2.87 bits per heavy atom. The van der Waals surface area contributed by atoms with Gasteiger partial charge in [-0.1, -0.05) is 27.8 Å². The van der Waals surface area contributed by atoms with E-state index in [9.17, 15) is 14.5 Å². The molecule has 0 saturated carbocycles. The third-order valence-electron chi connectivity index (χ3n) is 1.60. The molecule has 78 valence electrons. The van der Waals surface area contributed by atoms with Crippen molar-refractivity contribution >= 4 is 21.6 Å². The predicted octanol–water partition coefficient (Wildman–Crippen LogP) is 2.87. The molecule has 0 aliphatic carbocycles. The summed E-state index contributed by atoms with van der Waals surface area (Å²) in [6.45, 7) is 0. The Bertz CT molecular complexity index is 437. The van der Waals surface area contributed by atoms with Crippen molar-refractivity contribution in [2.24, 2.45) is 0 Å². The van der Waals surface area contributed by atoms with E-state index < -0.39 is 16.4 Å². The van der Waals surface area contributed by atoms with Gasteiger partial charge in [0.1, 0.15) is 0 Å². The third-order valence-corrected chi connectivity index (χ3v) is 1.99. The molecular weight excluding hydrogens is 265 g/mol. The van der Waals surface area contributed by atoms with Crippen molar-refractivity contribution in [1.82, 2.24) is 0 Å². The molecule has 0 aromatic heterocycles. The normalized spacial score (nSPS) is 9.20. The largest absolute Gasteiger partial charge is 0.306 e. The van der Waals surface area contributed by atoms with Gasteiger partial charge in [-0.25, -0.2) is 0 Å². The summed E-state index contributed by atoms with van der Waals surface area (Å²) in [5.74, 6) is 4.67. The highest BCUT2D eigenvalue weighted by Gasteiger charge is 2.13. The van der Waals surface area contributed by atoms with Crippen LogP contribution in [0.5, 0.6) is 0 Å². The van der Waals surface area contributed by atoms with Gasteiger partial charge in [0.05, 0.1) is 4.92 Å². The quantitative estimate of drug-likeness (QED) is 0.359. The van der Waals surface area contributed by atoms with Gasteiger partial charge in [0.15, 0.2) is 0 Å². The second kappa shape index (κ2) is 5.47. The van der Waals surface area contributed by atoms with Gasteiger partial charge < -0.3 is 0 Å². The second-order valence-corrected chi connectivity index (χ2v) is 3.46. The lowest BCUT2D eigenvalue weighted by molar-refractivity contribution is -0.387. The summed E-state index contributed by atoms with van der Waals surface area (Å²) < 4.78 is 12.9. The number of hydrogen-bond donors (Lipinski definition) is 0. The number of nitro benzene ring substituents is 1. The maximum absolute atomic E-state index is 12.9. The molecule has 0 fully saturated rings. The van der Waals surface area contributed by atoms with Crippen molar-refractivity contribution in [1.29, 1.82) is 0 Å². The molecule has 1 rings (SSSR count). The van der Waals surface area contributed by atoms with Crippen LogP contribution >= 0.6 is 15.9 Å². The van der Waals surface area contributed by atoms with Gasteiger partial charge in [0, 0.05) is 23.4 Å². The molecule has 5 heteroatoms. The maximum Gasteiger partial charge on any atom is 0.306 e. The van der Waals surface area contributed by atoms with E-state index in [4.69, 9.17) is 0 Å². The summed E-state index contributed by atoms with van der Waals surface area (Å²) in [4.78, 5) is 9.65. The number of hydrogen-bond acceptors (Lipinski definition) is 2. The lowest BCUT2D eigenvalue weighted by Gasteiger charge is -1.94. The molecule has 0 heterocycles. The highest BCUT2D eigenvalue weighted by Crippen LogP contribution is 2.17. The first-order valence-electron chi connectivity index (χ1n) is 4.14. The first-order valence-corrected chi connectivity index (χ1v) is 5.26. The van der Waals surface area contributed by atoms with E-state index in [0.717, 1.165) is 17.5 Å². The summed E-state index contributed by atoms with van der Waals surface area (Å²) >= 11 is 3.20. The van der Waals surface area contributed by atoms with Gasteiger partial charge in [-0.05, 0) is 12.1 Å². The number of benzene rings is 1. The molecule has 1 aromatic carbocycles. The summed E-state index contributed by atoms with van der Waals surface area (Å²) in [7, 11) is 0. The number of rotatable bonds is 2. The van der Waals surface area contributed by atoms with E-state index in [0.29, 0.717) is 12.0 Å². The Morgan fingerprint density at radius 1 is 1.53 bits per heavy atom. The fourth-order valence-corrected chi connectivity index (χ4v) is 1.14. The first kappa shape index (κ1) is 11.7. The van der Waals surface area contributed by atoms with E-state index in [1.807, 2.05) is 0 Å². The number of nitrogens with zero attached hydrogens (tertiary/aromatic N) is 1. The molecule has 3 nitrogen and oxygen atoms in total. The zero-order chi connectivity index (χ0) is 11.3. The number of alkyl halides is 1. The minimum absolute atomic E-state index is 0.448. The van der Waals surface area contributed by atoms with Gasteiger partial charge in [-0.3, -0.25) is 10.1 Å². The average molecular weight is 272 g/mol. The van der Waals surface area contributed by atoms with Gasteiger partial charge in [0.25, 0.3) is 0 Å². The topological polar surface area (TPSA) is 43.1 Å². The van der Waals surface area contributed by atoms with Crippen LogP contribution in [0.2, 0.25) is 0 Å². The Morgan fingerprint density at radius 2 is 2.27 bits per heavy atom. The first-order chi connectivity index (χ1) is 7.15. The molecule has 0 amide bonds. The van der Waals surface area contributed by atoms with Crippen LogP contribution in [0.3, 0.4) is 0 Å². The predicted molar refractivity (Wildman–Crippen MR) is 58.3 cm³/mol. The molecule has 0 atom stereocenters. The Hall–Kier alpha value is -1.41. The zero-order valence-corrected chi connectivity index (χ0v) is 9.25. The van der Waals surface area contributed by atoms with Crippen molar-refractivity contribution < 1.29 is 9.31 Å². The van der Waals surface area contributed by atoms with Crippen molar-refractivity contribution in [2.45, 2.75) is 6.42 Å². The molecule has 15 heavy (non-hydrogen) atoms. The SMILES string of the molecule is O=[N+]([O-])c1cc(C#CCCBr)ccc1F. The van der Waals surface area contributed by atoms with Crippen LogP contribution in [0, 0.1) is 27.8 Å². The summed E-state index contributed by atoms with van der Waals surface area (Å²) in [5, 5.41) is 11.2. The van der Waals surface area contributed by atoms with Crippen LogP contribution in [-0.4, -0.2) is 10.3 Å². The fraction of sp³-hybridized carbons (Fsp3) is 0.200. The number of nitro groups is 1. The van der Waals surface area contributed by atoms with E-state index in [-0.39, 0.29) is 0 Å². The molecule has 0 radical (unpaired) electrons. The van der Waals surface area contributed by atoms with Crippen LogP contribution in [0.25, 0.3) is 0 Å². The Kier molecular flexibility index (Phi) is 4.25. The van der Waals surface area contributed by atoms with E-state index >= 15 is 0 Å². The van der Waals surface area contributed by atoms with Gasteiger partial charge in [0.2, 0.25) is 5.82 Å². The Labute approximate surface area is 94.6 Å². The van der Waals surface area contributed by atoms with Crippen molar-refractivity contribution in [3.05, 3.63) is 39.7 Å². The zero-order valence-electron chi connectivity index (χ0n) is 7.67. The molecular formula is C10H7BrFNO2. The molecule has 0 N–H and O–H groups in total. The third kappa shape index (κ3) is 3.33. The molecule has 1 aromatic rings. The van der Waals surface area contributed by atoms with Crippen LogP contribution in [-0.2, 0) is 0 Å². The molecule has 0 bridgehead atoms. The van der Waals surface area contributed by atoms with E-state index in [1.165, 1.54) is 6.07 Å². The molecule has 0 aliphatic heterocycles. The Balaban J connectivity index is 2.99. The van der Waals surface area contributed by atoms with Gasteiger partial charge >= 0.3 is 5.69 Å².